The van der Waals surface area contributed by atoms with E-state index in [1.54, 1.807) is 19.4 Å². The lowest BCUT2D eigenvalue weighted by atomic mass is 9.95. The summed E-state index contributed by atoms with van der Waals surface area (Å²) in [4.78, 5) is 16.3. The van der Waals surface area contributed by atoms with Crippen molar-refractivity contribution in [2.45, 2.75) is 19.4 Å². The highest BCUT2D eigenvalue weighted by molar-refractivity contribution is 5.74. The van der Waals surface area contributed by atoms with Gasteiger partial charge in [0.15, 0.2) is 0 Å². The van der Waals surface area contributed by atoms with E-state index in [-0.39, 0.29) is 12.3 Å². The molecule has 5 nitrogen and oxygen atoms in total. The Labute approximate surface area is 180 Å². The van der Waals surface area contributed by atoms with Gasteiger partial charge in [-0.05, 0) is 47.9 Å². The lowest BCUT2D eigenvalue weighted by Gasteiger charge is -2.21. The maximum absolute atomic E-state index is 13.7. The van der Waals surface area contributed by atoms with Crippen molar-refractivity contribution in [2.75, 3.05) is 20.3 Å². The highest BCUT2D eigenvalue weighted by atomic mass is 19.1. The van der Waals surface area contributed by atoms with Crippen LogP contribution in [0.25, 0.3) is 11.1 Å². The maximum Gasteiger partial charge on any atom is 0.217 e. The first kappa shape index (κ1) is 22.4. The molecular formula is C24H24F2N2O3. The summed E-state index contributed by atoms with van der Waals surface area (Å²) in [6, 6.07) is 13.9. The normalized spacial score (nSPS) is 11.7. The maximum atomic E-state index is 13.7. The van der Waals surface area contributed by atoms with Crippen LogP contribution in [-0.4, -0.2) is 31.2 Å². The number of hydrogen-bond donors (Lipinski definition) is 1. The molecule has 0 aliphatic rings. The van der Waals surface area contributed by atoms with Crippen LogP contribution in [0.3, 0.4) is 0 Å². The molecule has 0 saturated carbocycles. The van der Waals surface area contributed by atoms with Crippen LogP contribution in [-0.2, 0) is 16.0 Å². The number of aromatic nitrogens is 1. The van der Waals surface area contributed by atoms with Crippen molar-refractivity contribution in [2.24, 2.45) is 0 Å². The van der Waals surface area contributed by atoms with Crippen LogP contribution in [0.2, 0.25) is 0 Å². The molecule has 0 bridgehead atoms. The van der Waals surface area contributed by atoms with Crippen molar-refractivity contribution < 1.29 is 23.0 Å². The van der Waals surface area contributed by atoms with Crippen molar-refractivity contribution in [1.29, 1.82) is 0 Å². The molecule has 0 radical (unpaired) electrons. The molecule has 3 aromatic rings. The molecule has 0 aliphatic carbocycles. The molecule has 0 saturated heterocycles. The van der Waals surface area contributed by atoms with E-state index in [2.05, 4.69) is 10.3 Å². The monoisotopic (exact) mass is 426 g/mol. The first-order chi connectivity index (χ1) is 15.0. The smallest absolute Gasteiger partial charge is 0.217 e. The molecule has 1 amide bonds. The fourth-order valence-electron chi connectivity index (χ4n) is 3.34. The zero-order chi connectivity index (χ0) is 22.2. The number of hydrogen-bond acceptors (Lipinski definition) is 4. The second-order valence-electron chi connectivity index (χ2n) is 7.04. The molecule has 7 heteroatoms. The van der Waals surface area contributed by atoms with Gasteiger partial charge in [-0.25, -0.2) is 8.78 Å². The van der Waals surface area contributed by atoms with Crippen molar-refractivity contribution in [1.82, 2.24) is 10.3 Å². The van der Waals surface area contributed by atoms with E-state index >= 15 is 0 Å². The molecule has 1 atom stereocenters. The highest BCUT2D eigenvalue weighted by Crippen LogP contribution is 2.30. The van der Waals surface area contributed by atoms with Crippen molar-refractivity contribution >= 4 is 5.91 Å². The van der Waals surface area contributed by atoms with Crippen LogP contribution in [0.15, 0.2) is 60.8 Å². The number of carbonyl (C=O) groups is 1. The van der Waals surface area contributed by atoms with E-state index in [0.29, 0.717) is 30.2 Å². The fourth-order valence-corrected chi connectivity index (χ4v) is 3.34. The summed E-state index contributed by atoms with van der Waals surface area (Å²) in [5.74, 6) is -0.885. The Morgan fingerprint density at radius 3 is 2.42 bits per heavy atom. The number of methoxy groups -OCH3 is 1. The van der Waals surface area contributed by atoms with E-state index in [1.165, 1.54) is 19.1 Å². The molecule has 0 fully saturated rings. The predicted octanol–water partition coefficient (Wildman–Crippen LogP) is 4.47. The molecule has 0 spiro atoms. The molecule has 2 aromatic carbocycles. The van der Waals surface area contributed by atoms with Gasteiger partial charge in [-0.15, -0.1) is 0 Å². The van der Waals surface area contributed by atoms with Crippen LogP contribution in [0.1, 0.15) is 24.2 Å². The summed E-state index contributed by atoms with van der Waals surface area (Å²) < 4.78 is 37.9. The van der Waals surface area contributed by atoms with Gasteiger partial charge in [0.25, 0.3) is 0 Å². The Bertz CT molecular complexity index is 1010. The SMILES string of the molecule is COCCOc1ccc(-c2cccnc2[C@H](Cc2cc(F)cc(F)c2)NC(C)=O)cc1. The van der Waals surface area contributed by atoms with Gasteiger partial charge in [-0.2, -0.15) is 0 Å². The molecule has 1 heterocycles. The lowest BCUT2D eigenvalue weighted by molar-refractivity contribution is -0.119. The largest absolute Gasteiger partial charge is 0.491 e. The Morgan fingerprint density at radius 2 is 1.77 bits per heavy atom. The van der Waals surface area contributed by atoms with Gasteiger partial charge in [0, 0.05) is 31.9 Å². The molecular weight excluding hydrogens is 402 g/mol. The lowest BCUT2D eigenvalue weighted by Crippen LogP contribution is -2.29. The predicted molar refractivity (Wildman–Crippen MR) is 114 cm³/mol. The number of benzene rings is 2. The number of amides is 1. The van der Waals surface area contributed by atoms with Crippen molar-refractivity contribution in [3.8, 4) is 16.9 Å². The average Bonchev–Trinajstić information content (AvgIpc) is 2.73. The Balaban J connectivity index is 1.91. The first-order valence-electron chi connectivity index (χ1n) is 9.85. The first-order valence-corrected chi connectivity index (χ1v) is 9.85. The van der Waals surface area contributed by atoms with Crippen molar-refractivity contribution in [3.05, 3.63) is 83.7 Å². The van der Waals surface area contributed by atoms with Crippen molar-refractivity contribution in [3.63, 3.8) is 0 Å². The van der Waals surface area contributed by atoms with Gasteiger partial charge in [0.1, 0.15) is 24.0 Å². The third-order valence-electron chi connectivity index (χ3n) is 4.63. The standard InChI is InChI=1S/C24H24F2N2O3/c1-16(29)28-23(14-17-12-19(25)15-20(26)13-17)24-22(4-3-9-27-24)18-5-7-21(8-6-18)31-11-10-30-2/h3-9,12-13,15,23H,10-11,14H2,1-2H3,(H,28,29)/t23-/m0/s1. The van der Waals surface area contributed by atoms with Crippen LogP contribution < -0.4 is 10.1 Å². The molecule has 1 N–H and O–H groups in total. The third kappa shape index (κ3) is 6.33. The van der Waals surface area contributed by atoms with Crippen LogP contribution >= 0.6 is 0 Å². The molecule has 162 valence electrons. The number of nitrogens with one attached hydrogen (secondary N) is 1. The van der Waals surface area contributed by atoms with Crippen LogP contribution in [0, 0.1) is 11.6 Å². The Hall–Kier alpha value is -3.32. The molecule has 31 heavy (non-hydrogen) atoms. The van der Waals surface area contributed by atoms with Crippen LogP contribution in [0.5, 0.6) is 5.75 Å². The number of ether oxygens (including phenoxy) is 2. The van der Waals surface area contributed by atoms with Gasteiger partial charge in [-0.1, -0.05) is 18.2 Å². The van der Waals surface area contributed by atoms with E-state index in [1.807, 2.05) is 30.3 Å². The summed E-state index contributed by atoms with van der Waals surface area (Å²) in [6.07, 6.45) is 1.82. The minimum atomic E-state index is -0.665. The zero-order valence-corrected chi connectivity index (χ0v) is 17.4. The van der Waals surface area contributed by atoms with E-state index < -0.39 is 17.7 Å². The third-order valence-corrected chi connectivity index (χ3v) is 4.63. The van der Waals surface area contributed by atoms with Gasteiger partial charge in [0.05, 0.1) is 18.3 Å². The van der Waals surface area contributed by atoms with Gasteiger partial charge in [0.2, 0.25) is 5.91 Å². The summed E-state index contributed by atoms with van der Waals surface area (Å²) in [5, 5.41) is 2.85. The van der Waals surface area contributed by atoms with Gasteiger partial charge in [-0.3, -0.25) is 9.78 Å². The minimum Gasteiger partial charge on any atom is -0.491 e. The molecule has 0 unspecified atom stereocenters. The molecule has 0 aliphatic heterocycles. The Kier molecular flexibility index (Phi) is 7.67. The topological polar surface area (TPSA) is 60.5 Å². The summed E-state index contributed by atoms with van der Waals surface area (Å²) in [7, 11) is 1.61. The fraction of sp³-hybridized carbons (Fsp3) is 0.250. The average molecular weight is 426 g/mol. The summed E-state index contributed by atoms with van der Waals surface area (Å²) >= 11 is 0. The minimum absolute atomic E-state index is 0.191. The second-order valence-corrected chi connectivity index (χ2v) is 7.04. The molecule has 1 aromatic heterocycles. The van der Waals surface area contributed by atoms with Crippen LogP contribution in [0.4, 0.5) is 8.78 Å². The van der Waals surface area contributed by atoms with Gasteiger partial charge < -0.3 is 14.8 Å². The number of carbonyl (C=O) groups excluding carboxylic acids is 1. The van der Waals surface area contributed by atoms with E-state index in [9.17, 15) is 13.6 Å². The van der Waals surface area contributed by atoms with E-state index in [4.69, 9.17) is 9.47 Å². The highest BCUT2D eigenvalue weighted by Gasteiger charge is 2.20. The number of rotatable bonds is 9. The summed E-state index contributed by atoms with van der Waals surface area (Å²) in [5.41, 5.74) is 2.72. The Morgan fingerprint density at radius 1 is 1.06 bits per heavy atom. The number of pyridine rings is 1. The second kappa shape index (κ2) is 10.6. The number of halogens is 2. The molecule has 3 rings (SSSR count). The van der Waals surface area contributed by atoms with E-state index in [0.717, 1.165) is 17.2 Å². The summed E-state index contributed by atoms with van der Waals surface area (Å²) in [6.45, 7) is 2.34. The number of nitrogens with zero attached hydrogens (tertiary/aromatic N) is 1. The van der Waals surface area contributed by atoms with Gasteiger partial charge >= 0.3 is 0 Å². The zero-order valence-electron chi connectivity index (χ0n) is 17.4. The quantitative estimate of drug-likeness (QED) is 0.513.